The molecule has 3 heteroatoms. The number of esters is 2. The van der Waals surface area contributed by atoms with Crippen LogP contribution in [0.5, 0.6) is 0 Å². The van der Waals surface area contributed by atoms with Crippen molar-refractivity contribution in [1.82, 2.24) is 0 Å². The van der Waals surface area contributed by atoms with Gasteiger partial charge in [0.25, 0.3) is 0 Å². The van der Waals surface area contributed by atoms with Crippen LogP contribution in [0.3, 0.4) is 0 Å². The molecule has 0 amide bonds. The summed E-state index contributed by atoms with van der Waals surface area (Å²) >= 11 is 0. The number of rotatable bonds is 0. The Morgan fingerprint density at radius 2 is 1.04 bits per heavy atom. The average molecular weight is 326 g/mol. The topological polar surface area (TPSA) is 43.4 Å². The maximum Gasteiger partial charge on any atom is 0.318 e. The molecule has 4 atom stereocenters. The molecule has 0 saturated carbocycles. The first-order valence-electron chi connectivity index (χ1n) is 8.61. The van der Waals surface area contributed by atoms with Gasteiger partial charge in [-0.3, -0.25) is 9.59 Å². The lowest BCUT2D eigenvalue weighted by atomic mass is 9.54. The third-order valence-electron chi connectivity index (χ3n) is 6.14. The van der Waals surface area contributed by atoms with Crippen molar-refractivity contribution < 1.29 is 14.3 Å². The predicted molar refractivity (Wildman–Crippen MR) is 92.2 cm³/mol. The molecule has 0 N–H and O–H groups in total. The standard InChI is InChI=1S/C22H14O3/c23-21-19-17-13-7-3-4-8-14(13)18(20(19)22(24)25-21)16-10-12-6-2-1-5-11(12)9-15(16)17/h1-10,17-20H. The normalized spacial score (nSPS) is 28.5. The molecule has 7 rings (SSSR count). The maximum atomic E-state index is 12.4. The van der Waals surface area contributed by atoms with E-state index in [0.717, 1.165) is 0 Å². The Kier molecular flexibility index (Phi) is 2.33. The molecule has 0 aromatic heterocycles. The van der Waals surface area contributed by atoms with E-state index in [1.54, 1.807) is 0 Å². The van der Waals surface area contributed by atoms with Crippen molar-refractivity contribution in [3.63, 3.8) is 0 Å². The summed E-state index contributed by atoms with van der Waals surface area (Å²) in [6, 6.07) is 20.9. The molecule has 3 aliphatic carbocycles. The van der Waals surface area contributed by atoms with E-state index in [0.29, 0.717) is 0 Å². The predicted octanol–water partition coefficient (Wildman–Crippen LogP) is 3.75. The zero-order chi connectivity index (χ0) is 16.7. The van der Waals surface area contributed by atoms with Gasteiger partial charge in [0.15, 0.2) is 0 Å². The minimum absolute atomic E-state index is 0.0928. The van der Waals surface area contributed by atoms with E-state index >= 15 is 0 Å². The van der Waals surface area contributed by atoms with Crippen LogP contribution in [0.1, 0.15) is 34.1 Å². The Balaban J connectivity index is 1.73. The van der Waals surface area contributed by atoms with Gasteiger partial charge in [-0.15, -0.1) is 0 Å². The second-order valence-corrected chi connectivity index (χ2v) is 7.20. The van der Waals surface area contributed by atoms with Crippen LogP contribution in [0, 0.1) is 11.8 Å². The van der Waals surface area contributed by atoms with Crippen molar-refractivity contribution in [2.45, 2.75) is 11.8 Å². The summed E-state index contributed by atoms with van der Waals surface area (Å²) in [4.78, 5) is 24.9. The first-order chi connectivity index (χ1) is 12.2. The van der Waals surface area contributed by atoms with Crippen molar-refractivity contribution in [2.75, 3.05) is 0 Å². The molecule has 4 unspecified atom stereocenters. The highest BCUT2D eigenvalue weighted by Crippen LogP contribution is 2.61. The molecule has 25 heavy (non-hydrogen) atoms. The second kappa shape index (κ2) is 4.37. The van der Waals surface area contributed by atoms with Crippen LogP contribution >= 0.6 is 0 Å². The molecule has 0 spiro atoms. The van der Waals surface area contributed by atoms with Crippen molar-refractivity contribution in [3.8, 4) is 0 Å². The number of hydrogen-bond donors (Lipinski definition) is 0. The maximum absolute atomic E-state index is 12.4. The number of hydrogen-bond acceptors (Lipinski definition) is 3. The Hall–Kier alpha value is -2.94. The zero-order valence-corrected chi connectivity index (χ0v) is 13.3. The summed E-state index contributed by atoms with van der Waals surface area (Å²) in [7, 11) is 0. The van der Waals surface area contributed by atoms with Gasteiger partial charge in [0.05, 0.1) is 11.8 Å². The average Bonchev–Trinajstić information content (AvgIpc) is 2.95. The van der Waals surface area contributed by atoms with Gasteiger partial charge in [-0.2, -0.15) is 0 Å². The van der Waals surface area contributed by atoms with E-state index in [-0.39, 0.29) is 35.6 Å². The van der Waals surface area contributed by atoms with Crippen LogP contribution in [0.15, 0.2) is 60.7 Å². The number of benzene rings is 3. The fourth-order valence-corrected chi connectivity index (χ4v) is 5.22. The quantitative estimate of drug-likeness (QED) is 0.467. The number of fused-ring (bicyclic) bond motifs is 1. The Morgan fingerprint density at radius 3 is 1.52 bits per heavy atom. The summed E-state index contributed by atoms with van der Waals surface area (Å²) in [6.07, 6.45) is 0. The first-order valence-corrected chi connectivity index (χ1v) is 8.61. The number of cyclic esters (lactones) is 2. The number of carbonyl (C=O) groups is 2. The molecule has 2 bridgehead atoms. The molecule has 1 saturated heterocycles. The van der Waals surface area contributed by atoms with Gasteiger partial charge in [-0.1, -0.05) is 60.7 Å². The van der Waals surface area contributed by atoms with E-state index in [1.165, 1.54) is 33.0 Å². The van der Waals surface area contributed by atoms with Crippen molar-refractivity contribution in [2.24, 2.45) is 11.8 Å². The van der Waals surface area contributed by atoms with Gasteiger partial charge in [-0.25, -0.2) is 0 Å². The minimum Gasteiger partial charge on any atom is -0.393 e. The van der Waals surface area contributed by atoms with Gasteiger partial charge >= 0.3 is 11.9 Å². The van der Waals surface area contributed by atoms with Gasteiger partial charge in [0.1, 0.15) is 0 Å². The fourth-order valence-electron chi connectivity index (χ4n) is 5.22. The lowest BCUT2D eigenvalue weighted by molar-refractivity contribution is -0.153. The largest absolute Gasteiger partial charge is 0.393 e. The lowest BCUT2D eigenvalue weighted by Gasteiger charge is -2.45. The van der Waals surface area contributed by atoms with Gasteiger partial charge in [-0.05, 0) is 33.0 Å². The molecule has 120 valence electrons. The Morgan fingerprint density at radius 1 is 0.600 bits per heavy atom. The van der Waals surface area contributed by atoms with Crippen LogP contribution in [0.2, 0.25) is 0 Å². The highest BCUT2D eigenvalue weighted by Gasteiger charge is 2.60. The van der Waals surface area contributed by atoms with E-state index in [4.69, 9.17) is 4.74 Å². The summed E-state index contributed by atoms with van der Waals surface area (Å²) in [5.41, 5.74) is 4.69. The van der Waals surface area contributed by atoms with Crippen LogP contribution < -0.4 is 0 Å². The van der Waals surface area contributed by atoms with Crippen LogP contribution in [-0.4, -0.2) is 11.9 Å². The molecule has 1 fully saturated rings. The summed E-state index contributed by atoms with van der Waals surface area (Å²) < 4.78 is 5.07. The number of carbonyl (C=O) groups excluding carboxylic acids is 2. The smallest absolute Gasteiger partial charge is 0.318 e. The van der Waals surface area contributed by atoms with E-state index in [1.807, 2.05) is 24.3 Å². The molecule has 0 radical (unpaired) electrons. The molecule has 4 aliphatic rings. The molecule has 1 aliphatic heterocycles. The van der Waals surface area contributed by atoms with Gasteiger partial charge in [0, 0.05) is 11.8 Å². The van der Waals surface area contributed by atoms with E-state index in [2.05, 4.69) is 36.4 Å². The number of ether oxygens (including phenoxy) is 1. The van der Waals surface area contributed by atoms with Crippen LogP contribution in [-0.2, 0) is 14.3 Å². The summed E-state index contributed by atoms with van der Waals surface area (Å²) in [5, 5.41) is 2.33. The molecule has 3 aromatic carbocycles. The Labute approximate surface area is 144 Å². The zero-order valence-electron chi connectivity index (χ0n) is 13.3. The third-order valence-corrected chi connectivity index (χ3v) is 6.14. The molecular weight excluding hydrogens is 312 g/mol. The monoisotopic (exact) mass is 326 g/mol. The van der Waals surface area contributed by atoms with Crippen LogP contribution in [0.4, 0.5) is 0 Å². The minimum atomic E-state index is -0.388. The third kappa shape index (κ3) is 1.52. The SMILES string of the molecule is O=C1OC(=O)C2C3c4ccccc4C(c4cc5ccccc5cc43)C12. The first kappa shape index (κ1) is 13.4. The van der Waals surface area contributed by atoms with E-state index < -0.39 is 0 Å². The van der Waals surface area contributed by atoms with Crippen LogP contribution in [0.25, 0.3) is 10.8 Å². The molecule has 1 heterocycles. The highest BCUT2D eigenvalue weighted by molar-refractivity contribution is 6.00. The second-order valence-electron chi connectivity index (χ2n) is 7.20. The fraction of sp³-hybridized carbons (Fsp3) is 0.182. The molecule has 3 aromatic rings. The van der Waals surface area contributed by atoms with Crippen molar-refractivity contribution in [1.29, 1.82) is 0 Å². The lowest BCUT2D eigenvalue weighted by Crippen LogP contribution is -2.41. The molecule has 3 nitrogen and oxygen atoms in total. The van der Waals surface area contributed by atoms with Gasteiger partial charge in [0.2, 0.25) is 0 Å². The van der Waals surface area contributed by atoms with Crippen molar-refractivity contribution in [3.05, 3.63) is 82.9 Å². The highest BCUT2D eigenvalue weighted by atomic mass is 16.6. The summed E-state index contributed by atoms with van der Waals surface area (Å²) in [6.45, 7) is 0. The Bertz CT molecular complexity index is 1010. The van der Waals surface area contributed by atoms with Crippen molar-refractivity contribution >= 4 is 22.7 Å². The summed E-state index contributed by atoms with van der Waals surface area (Å²) in [5.74, 6) is -1.69. The molecular formula is C22H14O3. The van der Waals surface area contributed by atoms with Gasteiger partial charge < -0.3 is 4.74 Å². The van der Waals surface area contributed by atoms with E-state index in [9.17, 15) is 9.59 Å².